The van der Waals surface area contributed by atoms with Crippen LogP contribution in [0.25, 0.3) is 10.9 Å². The molecule has 0 aliphatic heterocycles. The molecule has 0 fully saturated rings. The van der Waals surface area contributed by atoms with Crippen molar-refractivity contribution in [3.63, 3.8) is 0 Å². The van der Waals surface area contributed by atoms with Crippen molar-refractivity contribution in [2.24, 2.45) is 5.84 Å². The number of pyridine rings is 1. The maximum atomic E-state index is 11.1. The molecule has 1 amide bonds. The number of aromatic nitrogens is 2. The number of rotatable bonds is 1. The SMILES string of the molecule is NNC(=O)c1cc2ccncc2[nH]1. The van der Waals surface area contributed by atoms with Crippen molar-refractivity contribution >= 4 is 16.8 Å². The lowest BCUT2D eigenvalue weighted by molar-refractivity contribution is 0.0949. The van der Waals surface area contributed by atoms with E-state index in [0.29, 0.717) is 5.69 Å². The average Bonchev–Trinajstić information content (AvgIpc) is 2.59. The highest BCUT2D eigenvalue weighted by Gasteiger charge is 2.06. The van der Waals surface area contributed by atoms with Crippen molar-refractivity contribution in [1.29, 1.82) is 0 Å². The number of carbonyl (C=O) groups is 1. The predicted molar refractivity (Wildman–Crippen MR) is 47.7 cm³/mol. The molecule has 0 aliphatic rings. The maximum absolute atomic E-state index is 11.1. The fraction of sp³-hybridized carbons (Fsp3) is 0. The third kappa shape index (κ3) is 1.25. The lowest BCUT2D eigenvalue weighted by atomic mass is 10.3. The van der Waals surface area contributed by atoms with Gasteiger partial charge in [0.2, 0.25) is 0 Å². The van der Waals surface area contributed by atoms with Gasteiger partial charge in [-0.25, -0.2) is 5.84 Å². The number of nitrogens with one attached hydrogen (secondary N) is 2. The standard InChI is InChI=1S/C8H8N4O/c9-12-8(13)6-3-5-1-2-10-4-7(5)11-6/h1-4,11H,9H2,(H,12,13). The monoisotopic (exact) mass is 176 g/mol. The Balaban J connectivity index is 2.56. The zero-order chi connectivity index (χ0) is 9.26. The third-order valence-corrected chi connectivity index (χ3v) is 1.80. The number of hydrogen-bond donors (Lipinski definition) is 3. The number of carbonyl (C=O) groups excluding carboxylic acids is 1. The summed E-state index contributed by atoms with van der Waals surface area (Å²) < 4.78 is 0. The molecule has 0 spiro atoms. The van der Waals surface area contributed by atoms with Crippen LogP contribution in [0.4, 0.5) is 0 Å². The van der Waals surface area contributed by atoms with E-state index in [2.05, 4.69) is 15.4 Å². The van der Waals surface area contributed by atoms with Crippen LogP contribution in [0, 0.1) is 0 Å². The van der Waals surface area contributed by atoms with Crippen LogP contribution in [0.5, 0.6) is 0 Å². The van der Waals surface area contributed by atoms with E-state index >= 15 is 0 Å². The van der Waals surface area contributed by atoms with Crippen LogP contribution in [-0.2, 0) is 0 Å². The number of nitrogens with two attached hydrogens (primary N) is 1. The normalized spacial score (nSPS) is 10.2. The molecule has 0 radical (unpaired) electrons. The van der Waals surface area contributed by atoms with Gasteiger partial charge < -0.3 is 4.98 Å². The van der Waals surface area contributed by atoms with Crippen LogP contribution in [0.2, 0.25) is 0 Å². The van der Waals surface area contributed by atoms with Gasteiger partial charge in [0.05, 0.1) is 11.7 Å². The molecule has 2 aromatic heterocycles. The fourth-order valence-corrected chi connectivity index (χ4v) is 1.17. The van der Waals surface area contributed by atoms with Crippen molar-refractivity contribution in [1.82, 2.24) is 15.4 Å². The molecule has 2 heterocycles. The number of fused-ring (bicyclic) bond motifs is 1. The van der Waals surface area contributed by atoms with Crippen molar-refractivity contribution in [2.45, 2.75) is 0 Å². The zero-order valence-corrected chi connectivity index (χ0v) is 6.74. The van der Waals surface area contributed by atoms with E-state index in [1.165, 1.54) is 0 Å². The Labute approximate surface area is 73.9 Å². The third-order valence-electron chi connectivity index (χ3n) is 1.80. The molecule has 0 saturated heterocycles. The van der Waals surface area contributed by atoms with Crippen LogP contribution in [0.1, 0.15) is 10.5 Å². The maximum Gasteiger partial charge on any atom is 0.281 e. The quantitative estimate of drug-likeness (QED) is 0.329. The van der Waals surface area contributed by atoms with Gasteiger partial charge in [0.1, 0.15) is 5.69 Å². The molecule has 0 aliphatic carbocycles. The van der Waals surface area contributed by atoms with Crippen molar-refractivity contribution in [2.75, 3.05) is 0 Å². The van der Waals surface area contributed by atoms with E-state index in [0.717, 1.165) is 10.9 Å². The summed E-state index contributed by atoms with van der Waals surface area (Å²) in [6.45, 7) is 0. The molecule has 0 saturated carbocycles. The molecule has 0 unspecified atom stereocenters. The van der Waals surface area contributed by atoms with Crippen LogP contribution >= 0.6 is 0 Å². The summed E-state index contributed by atoms with van der Waals surface area (Å²) in [7, 11) is 0. The minimum atomic E-state index is -0.337. The number of hydrogen-bond acceptors (Lipinski definition) is 3. The minimum absolute atomic E-state index is 0.337. The van der Waals surface area contributed by atoms with Gasteiger partial charge in [0, 0.05) is 11.6 Å². The average molecular weight is 176 g/mol. The van der Waals surface area contributed by atoms with E-state index < -0.39 is 0 Å². The van der Waals surface area contributed by atoms with Crippen LogP contribution < -0.4 is 11.3 Å². The summed E-state index contributed by atoms with van der Waals surface area (Å²) in [6, 6.07) is 3.54. The summed E-state index contributed by atoms with van der Waals surface area (Å²) >= 11 is 0. The first kappa shape index (κ1) is 7.75. The summed E-state index contributed by atoms with van der Waals surface area (Å²) in [5.74, 6) is 4.65. The lowest BCUT2D eigenvalue weighted by Crippen LogP contribution is -2.30. The summed E-state index contributed by atoms with van der Waals surface area (Å²) in [6.07, 6.45) is 3.32. The first-order valence-electron chi connectivity index (χ1n) is 3.75. The second-order valence-electron chi connectivity index (χ2n) is 2.62. The fourth-order valence-electron chi connectivity index (χ4n) is 1.17. The van der Waals surface area contributed by atoms with E-state index in [1.807, 2.05) is 6.07 Å². The predicted octanol–water partition coefficient (Wildman–Crippen LogP) is 0.166. The number of H-pyrrole nitrogens is 1. The summed E-state index contributed by atoms with van der Waals surface area (Å²) in [5, 5.41) is 0.939. The Morgan fingerprint density at radius 3 is 3.15 bits per heavy atom. The van der Waals surface area contributed by atoms with Gasteiger partial charge in [0.15, 0.2) is 0 Å². The number of nitrogens with zero attached hydrogens (tertiary/aromatic N) is 1. The molecule has 66 valence electrons. The molecule has 5 heteroatoms. The largest absolute Gasteiger partial charge is 0.349 e. The lowest BCUT2D eigenvalue weighted by Gasteiger charge is -1.92. The van der Waals surface area contributed by atoms with Gasteiger partial charge in [-0.3, -0.25) is 15.2 Å². The number of aromatic amines is 1. The molecule has 2 aromatic rings. The molecule has 5 nitrogen and oxygen atoms in total. The summed E-state index contributed by atoms with van der Waals surface area (Å²) in [5.41, 5.74) is 3.31. The molecule has 4 N–H and O–H groups in total. The molecular formula is C8H8N4O. The van der Waals surface area contributed by atoms with E-state index in [4.69, 9.17) is 5.84 Å². The Morgan fingerprint density at radius 1 is 1.62 bits per heavy atom. The molecular weight excluding hydrogens is 168 g/mol. The Bertz CT molecular complexity index is 415. The van der Waals surface area contributed by atoms with Crippen molar-refractivity contribution < 1.29 is 4.79 Å². The molecule has 2 rings (SSSR count). The van der Waals surface area contributed by atoms with Crippen LogP contribution in [-0.4, -0.2) is 15.9 Å². The van der Waals surface area contributed by atoms with Gasteiger partial charge in [-0.2, -0.15) is 0 Å². The first-order valence-corrected chi connectivity index (χ1v) is 3.75. The molecule has 13 heavy (non-hydrogen) atoms. The van der Waals surface area contributed by atoms with Gasteiger partial charge >= 0.3 is 0 Å². The highest BCUT2D eigenvalue weighted by molar-refractivity contribution is 5.97. The number of amides is 1. The topological polar surface area (TPSA) is 83.8 Å². The molecule has 0 atom stereocenters. The van der Waals surface area contributed by atoms with Gasteiger partial charge in [0.25, 0.3) is 5.91 Å². The van der Waals surface area contributed by atoms with Crippen molar-refractivity contribution in [3.05, 3.63) is 30.2 Å². The van der Waals surface area contributed by atoms with E-state index in [1.54, 1.807) is 18.5 Å². The smallest absolute Gasteiger partial charge is 0.281 e. The molecule has 0 aromatic carbocycles. The van der Waals surface area contributed by atoms with E-state index in [-0.39, 0.29) is 5.91 Å². The van der Waals surface area contributed by atoms with Crippen molar-refractivity contribution in [3.8, 4) is 0 Å². The molecule has 0 bridgehead atoms. The number of hydrazine groups is 1. The summed E-state index contributed by atoms with van der Waals surface area (Å²) in [4.78, 5) is 17.9. The van der Waals surface area contributed by atoms with Crippen LogP contribution in [0.3, 0.4) is 0 Å². The first-order chi connectivity index (χ1) is 6.31. The Morgan fingerprint density at radius 2 is 2.46 bits per heavy atom. The highest BCUT2D eigenvalue weighted by Crippen LogP contribution is 2.12. The van der Waals surface area contributed by atoms with Crippen LogP contribution in [0.15, 0.2) is 24.5 Å². The zero-order valence-electron chi connectivity index (χ0n) is 6.74. The highest BCUT2D eigenvalue weighted by atomic mass is 16.2. The van der Waals surface area contributed by atoms with E-state index in [9.17, 15) is 4.79 Å². The second-order valence-corrected chi connectivity index (χ2v) is 2.62. The second kappa shape index (κ2) is 2.87. The minimum Gasteiger partial charge on any atom is -0.349 e. The Kier molecular flexibility index (Phi) is 1.71. The Hall–Kier alpha value is -1.88. The van der Waals surface area contributed by atoms with Gasteiger partial charge in [-0.05, 0) is 12.1 Å². The van der Waals surface area contributed by atoms with Gasteiger partial charge in [-0.1, -0.05) is 0 Å². The van der Waals surface area contributed by atoms with Gasteiger partial charge in [-0.15, -0.1) is 0 Å². The number of nitrogen functional groups attached to an aromatic ring is 1.